The third kappa shape index (κ3) is 8.34. The summed E-state index contributed by atoms with van der Waals surface area (Å²) < 4.78 is 0. The lowest BCUT2D eigenvalue weighted by Crippen LogP contribution is -2.30. The average Bonchev–Trinajstić information content (AvgIpc) is 2.99. The highest BCUT2D eigenvalue weighted by Crippen LogP contribution is 2.28. The van der Waals surface area contributed by atoms with E-state index in [9.17, 15) is 29.4 Å². The first kappa shape index (κ1) is 30.6. The van der Waals surface area contributed by atoms with Gasteiger partial charge in [-0.3, -0.25) is 14.4 Å². The van der Waals surface area contributed by atoms with Gasteiger partial charge in [0.05, 0.1) is 5.25 Å². The molecular formula is C33H29N3O6S. The average molecular weight is 596 g/mol. The van der Waals surface area contributed by atoms with Crippen LogP contribution in [0.15, 0.2) is 108 Å². The number of carbonyl (C=O) groups is 4. The molecule has 0 radical (unpaired) electrons. The van der Waals surface area contributed by atoms with Crippen LogP contribution in [0.4, 0.5) is 11.4 Å². The molecule has 0 aliphatic heterocycles. The van der Waals surface area contributed by atoms with Gasteiger partial charge in [0.1, 0.15) is 17.0 Å². The quantitative estimate of drug-likeness (QED) is 0.0868. The highest BCUT2D eigenvalue weighted by molar-refractivity contribution is 8.00. The van der Waals surface area contributed by atoms with Gasteiger partial charge in [0.25, 0.3) is 11.8 Å². The number of benzene rings is 4. The zero-order valence-electron chi connectivity index (χ0n) is 23.3. The summed E-state index contributed by atoms with van der Waals surface area (Å²) in [4.78, 5) is 51.1. The van der Waals surface area contributed by atoms with Crippen molar-refractivity contribution in [3.63, 3.8) is 0 Å². The molecule has 9 nitrogen and oxygen atoms in total. The van der Waals surface area contributed by atoms with E-state index in [0.717, 1.165) is 11.1 Å². The van der Waals surface area contributed by atoms with Crippen molar-refractivity contribution in [1.82, 2.24) is 5.32 Å². The second kappa shape index (κ2) is 14.0. The van der Waals surface area contributed by atoms with Crippen LogP contribution in [0.25, 0.3) is 6.08 Å². The van der Waals surface area contributed by atoms with Crippen molar-refractivity contribution in [2.75, 3.05) is 10.6 Å². The fourth-order valence-electron chi connectivity index (χ4n) is 3.98. The Hall–Kier alpha value is -5.35. The van der Waals surface area contributed by atoms with Crippen LogP contribution in [0.3, 0.4) is 0 Å². The van der Waals surface area contributed by atoms with Gasteiger partial charge in [-0.15, -0.1) is 11.8 Å². The normalized spacial score (nSPS) is 11.7. The molecule has 10 heteroatoms. The molecule has 0 spiro atoms. The zero-order chi connectivity index (χ0) is 30.9. The summed E-state index contributed by atoms with van der Waals surface area (Å²) >= 11 is 1.23. The Morgan fingerprint density at radius 2 is 1.51 bits per heavy atom. The summed E-state index contributed by atoms with van der Waals surface area (Å²) in [7, 11) is 0. The summed E-state index contributed by atoms with van der Waals surface area (Å²) in [6.07, 6.45) is 1.62. The number of anilines is 2. The predicted octanol–water partition coefficient (Wildman–Crippen LogP) is 5.93. The van der Waals surface area contributed by atoms with Crippen molar-refractivity contribution in [2.24, 2.45) is 0 Å². The fraction of sp³-hybridized carbons (Fsp3) is 0.0909. The Labute approximate surface area is 252 Å². The van der Waals surface area contributed by atoms with Crippen LogP contribution >= 0.6 is 11.8 Å². The van der Waals surface area contributed by atoms with E-state index in [2.05, 4.69) is 16.0 Å². The van der Waals surface area contributed by atoms with Gasteiger partial charge < -0.3 is 26.2 Å². The number of carboxylic acid groups (broad SMARTS) is 1. The summed E-state index contributed by atoms with van der Waals surface area (Å²) in [6.45, 7) is 3.59. The molecule has 3 amide bonds. The number of thioether (sulfide) groups is 1. The predicted molar refractivity (Wildman–Crippen MR) is 167 cm³/mol. The number of carbonyl (C=O) groups excluding carboxylic acids is 3. The van der Waals surface area contributed by atoms with Crippen molar-refractivity contribution in [2.45, 2.75) is 24.0 Å². The molecule has 4 aromatic rings. The van der Waals surface area contributed by atoms with Crippen LogP contribution in [-0.4, -0.2) is 39.2 Å². The maximum atomic E-state index is 13.4. The van der Waals surface area contributed by atoms with Crippen molar-refractivity contribution in [1.29, 1.82) is 0 Å². The lowest BCUT2D eigenvalue weighted by atomic mass is 10.1. The standard InChI is InChI=1S/C33H29N3O6S/c1-20-9-6-7-12-23(20)17-28(36-31(39)22-10-4-3-5-11-22)32(40)35-24-13-8-14-26(18-24)43-21(2)30(38)34-25-15-16-29(37)27(19-25)33(41)42/h3-19,21,37H,1-2H3,(H,34,38)(H,35,40)(H,36,39)(H,41,42)/b28-17-. The van der Waals surface area contributed by atoms with Crippen LogP contribution in [0.2, 0.25) is 0 Å². The van der Waals surface area contributed by atoms with Crippen LogP contribution in [0, 0.1) is 6.92 Å². The molecule has 218 valence electrons. The van der Waals surface area contributed by atoms with Crippen molar-refractivity contribution >= 4 is 52.9 Å². The van der Waals surface area contributed by atoms with Crippen LogP contribution in [0.1, 0.15) is 38.8 Å². The lowest BCUT2D eigenvalue weighted by Gasteiger charge is -2.15. The van der Waals surface area contributed by atoms with Crippen molar-refractivity contribution < 1.29 is 29.4 Å². The maximum Gasteiger partial charge on any atom is 0.339 e. The second-order valence-corrected chi connectivity index (χ2v) is 10.9. The second-order valence-electron chi connectivity index (χ2n) is 9.50. The number of amides is 3. The number of nitrogens with one attached hydrogen (secondary N) is 3. The molecule has 0 saturated heterocycles. The first-order valence-electron chi connectivity index (χ1n) is 13.2. The van der Waals surface area contributed by atoms with Gasteiger partial charge >= 0.3 is 5.97 Å². The molecule has 1 unspecified atom stereocenters. The number of aryl methyl sites for hydroxylation is 1. The van der Waals surface area contributed by atoms with E-state index in [1.54, 1.807) is 67.6 Å². The van der Waals surface area contributed by atoms with Gasteiger partial charge in [-0.2, -0.15) is 0 Å². The number of aromatic hydroxyl groups is 1. The number of rotatable bonds is 10. The molecule has 0 aliphatic rings. The number of phenols is 1. The molecule has 0 aromatic heterocycles. The Morgan fingerprint density at radius 1 is 0.814 bits per heavy atom. The van der Waals surface area contributed by atoms with Crippen LogP contribution < -0.4 is 16.0 Å². The molecule has 0 bridgehead atoms. The van der Waals surface area contributed by atoms with E-state index >= 15 is 0 Å². The summed E-state index contributed by atoms with van der Waals surface area (Å²) in [6, 6.07) is 26.8. The largest absolute Gasteiger partial charge is 0.507 e. The minimum atomic E-state index is -1.31. The highest BCUT2D eigenvalue weighted by Gasteiger charge is 2.19. The van der Waals surface area contributed by atoms with Crippen LogP contribution in [-0.2, 0) is 9.59 Å². The minimum absolute atomic E-state index is 0.0589. The fourth-order valence-corrected chi connectivity index (χ4v) is 4.91. The summed E-state index contributed by atoms with van der Waals surface area (Å²) in [5.74, 6) is -3.05. The van der Waals surface area contributed by atoms with Gasteiger partial charge in [0.2, 0.25) is 5.91 Å². The van der Waals surface area contributed by atoms with E-state index in [-0.39, 0.29) is 22.9 Å². The van der Waals surface area contributed by atoms with E-state index < -0.39 is 28.8 Å². The summed E-state index contributed by atoms with van der Waals surface area (Å²) in [5, 5.41) is 26.5. The van der Waals surface area contributed by atoms with Crippen molar-refractivity contribution in [3.05, 3.63) is 125 Å². The van der Waals surface area contributed by atoms with Crippen molar-refractivity contribution in [3.8, 4) is 5.75 Å². The smallest absolute Gasteiger partial charge is 0.339 e. The number of aromatic carboxylic acids is 1. The highest BCUT2D eigenvalue weighted by atomic mass is 32.2. The molecular weight excluding hydrogens is 566 g/mol. The first-order chi connectivity index (χ1) is 20.6. The topological polar surface area (TPSA) is 145 Å². The van der Waals surface area contributed by atoms with E-state index in [0.29, 0.717) is 16.1 Å². The molecule has 43 heavy (non-hydrogen) atoms. The molecule has 0 saturated carbocycles. The van der Waals surface area contributed by atoms with Gasteiger partial charge in [0, 0.05) is 21.8 Å². The van der Waals surface area contributed by atoms with Gasteiger partial charge in [-0.1, -0.05) is 48.5 Å². The Balaban J connectivity index is 1.48. The van der Waals surface area contributed by atoms with Gasteiger partial charge in [-0.25, -0.2) is 4.79 Å². The van der Waals surface area contributed by atoms with Gasteiger partial charge in [-0.05, 0) is 79.6 Å². The number of hydrogen-bond donors (Lipinski definition) is 5. The van der Waals surface area contributed by atoms with E-state index in [1.807, 2.05) is 31.2 Å². The zero-order valence-corrected chi connectivity index (χ0v) is 24.1. The van der Waals surface area contributed by atoms with E-state index in [4.69, 9.17) is 0 Å². The monoisotopic (exact) mass is 595 g/mol. The summed E-state index contributed by atoms with van der Waals surface area (Å²) in [5.41, 5.74) is 2.54. The SMILES string of the molecule is Cc1ccccc1/C=C(\NC(=O)c1ccccc1)C(=O)Nc1cccc(SC(C)C(=O)Nc2ccc(O)c(C(=O)O)c2)c1. The van der Waals surface area contributed by atoms with Crippen LogP contribution in [0.5, 0.6) is 5.75 Å². The van der Waals surface area contributed by atoms with Gasteiger partial charge in [0.15, 0.2) is 0 Å². The number of hydrogen-bond acceptors (Lipinski definition) is 6. The third-order valence-electron chi connectivity index (χ3n) is 6.29. The molecule has 0 aliphatic carbocycles. The molecule has 0 heterocycles. The molecule has 0 fully saturated rings. The first-order valence-corrected chi connectivity index (χ1v) is 14.1. The molecule has 1 atom stereocenters. The van der Waals surface area contributed by atoms with E-state index in [1.165, 1.54) is 30.0 Å². The maximum absolute atomic E-state index is 13.4. The number of carboxylic acids is 1. The Kier molecular flexibility index (Phi) is 9.98. The Bertz CT molecular complexity index is 1700. The molecule has 5 N–H and O–H groups in total. The molecule has 4 rings (SSSR count). The minimum Gasteiger partial charge on any atom is -0.507 e. The Morgan fingerprint density at radius 3 is 2.23 bits per heavy atom. The lowest BCUT2D eigenvalue weighted by molar-refractivity contribution is -0.115. The molecule has 4 aromatic carbocycles. The third-order valence-corrected chi connectivity index (χ3v) is 7.38.